The number of nitrogens with one attached hydrogen (secondary N) is 1. The third kappa shape index (κ3) is 5.53. The summed E-state index contributed by atoms with van der Waals surface area (Å²) < 4.78 is 54.0. The first-order chi connectivity index (χ1) is 15.6. The molecule has 4 rings (SSSR count). The second-order valence-electron chi connectivity index (χ2n) is 8.37. The molecule has 1 saturated heterocycles. The van der Waals surface area contributed by atoms with Crippen LogP contribution in [0.1, 0.15) is 35.8 Å². The zero-order valence-corrected chi connectivity index (χ0v) is 18.9. The van der Waals surface area contributed by atoms with Crippen molar-refractivity contribution in [2.24, 2.45) is 0 Å². The number of aromatic nitrogens is 3. The minimum atomic E-state index is -3.61. The van der Waals surface area contributed by atoms with Crippen LogP contribution in [0.3, 0.4) is 0 Å². The van der Waals surface area contributed by atoms with Gasteiger partial charge < -0.3 is 9.72 Å². The number of likely N-dealkylation sites (tertiary alicyclic amines) is 1. The minimum Gasteiger partial charge on any atom is -0.346 e. The van der Waals surface area contributed by atoms with Crippen molar-refractivity contribution in [1.82, 2.24) is 24.6 Å². The molecule has 0 unspecified atom stereocenters. The number of pyridine rings is 2. The predicted octanol–water partition coefficient (Wildman–Crippen LogP) is 2.55. The van der Waals surface area contributed by atoms with E-state index in [9.17, 15) is 22.0 Å². The lowest BCUT2D eigenvalue weighted by Gasteiger charge is -2.33. The van der Waals surface area contributed by atoms with Crippen LogP contribution in [-0.2, 0) is 16.4 Å². The van der Waals surface area contributed by atoms with Gasteiger partial charge >= 0.3 is 0 Å². The zero-order valence-electron chi connectivity index (χ0n) is 18.1. The van der Waals surface area contributed by atoms with E-state index in [1.54, 1.807) is 46.1 Å². The lowest BCUT2D eigenvalue weighted by molar-refractivity contribution is -0.0183. The SMILES string of the molecule is CC(F)(F)CN1CCC(S(=O)(=O)c2ccc(CNC(=O)c3ccc4nccn4c3)nc2)CC1. The van der Waals surface area contributed by atoms with E-state index in [4.69, 9.17) is 0 Å². The summed E-state index contributed by atoms with van der Waals surface area (Å²) in [5.41, 5.74) is 1.72. The molecule has 1 aliphatic rings. The number of fused-ring (bicyclic) bond motifs is 1. The molecule has 3 aromatic rings. The highest BCUT2D eigenvalue weighted by Gasteiger charge is 2.34. The Morgan fingerprint density at radius 2 is 1.94 bits per heavy atom. The highest BCUT2D eigenvalue weighted by atomic mass is 32.2. The normalized spacial score (nSPS) is 16.2. The molecule has 0 saturated carbocycles. The Hall–Kier alpha value is -2.92. The number of nitrogens with zero attached hydrogens (tertiary/aromatic N) is 4. The monoisotopic (exact) mass is 477 g/mol. The summed E-state index contributed by atoms with van der Waals surface area (Å²) in [5, 5.41) is 2.15. The van der Waals surface area contributed by atoms with Crippen LogP contribution in [0, 0.1) is 0 Å². The van der Waals surface area contributed by atoms with Crippen molar-refractivity contribution >= 4 is 21.4 Å². The van der Waals surface area contributed by atoms with Crippen molar-refractivity contribution < 1.29 is 22.0 Å². The molecule has 0 aromatic carbocycles. The fraction of sp³-hybridized carbons (Fsp3) is 0.409. The fourth-order valence-corrected chi connectivity index (χ4v) is 5.65. The Labute approximate surface area is 190 Å². The number of sulfone groups is 1. The molecular formula is C22H25F2N5O3S. The van der Waals surface area contributed by atoms with Crippen LogP contribution < -0.4 is 5.32 Å². The van der Waals surface area contributed by atoms with Crippen LogP contribution in [0.5, 0.6) is 0 Å². The van der Waals surface area contributed by atoms with Gasteiger partial charge in [0.2, 0.25) is 0 Å². The number of amides is 1. The Morgan fingerprint density at radius 3 is 2.61 bits per heavy atom. The van der Waals surface area contributed by atoms with Gasteiger partial charge in [-0.3, -0.25) is 14.7 Å². The number of imidazole rings is 1. The van der Waals surface area contributed by atoms with Gasteiger partial charge in [0.05, 0.1) is 34.5 Å². The van der Waals surface area contributed by atoms with Crippen molar-refractivity contribution in [3.63, 3.8) is 0 Å². The standard InChI is InChI=1S/C22H25F2N5O3S/c1-22(23,24)15-28-9-6-18(7-10-28)33(31,32)19-4-3-17(26-13-19)12-27-21(30)16-2-5-20-25-8-11-29(20)14-16/h2-5,8,11,13-14,18H,6-7,9-10,12,15H2,1H3,(H,27,30). The number of hydrogen-bond donors (Lipinski definition) is 1. The molecule has 33 heavy (non-hydrogen) atoms. The largest absolute Gasteiger partial charge is 0.346 e. The molecule has 4 heterocycles. The van der Waals surface area contributed by atoms with Gasteiger partial charge in [-0.15, -0.1) is 0 Å². The quantitative estimate of drug-likeness (QED) is 0.562. The summed E-state index contributed by atoms with van der Waals surface area (Å²) in [5.74, 6) is -3.08. The van der Waals surface area contributed by atoms with E-state index in [2.05, 4.69) is 15.3 Å². The van der Waals surface area contributed by atoms with Gasteiger partial charge in [-0.25, -0.2) is 22.2 Å². The van der Waals surface area contributed by atoms with Gasteiger partial charge in [-0.2, -0.15) is 0 Å². The van der Waals surface area contributed by atoms with Gasteiger partial charge in [-0.05, 0) is 50.2 Å². The van der Waals surface area contributed by atoms with Gasteiger partial charge in [0.15, 0.2) is 9.84 Å². The molecule has 3 aromatic heterocycles. The summed E-state index contributed by atoms with van der Waals surface area (Å²) >= 11 is 0. The average Bonchev–Trinajstić information content (AvgIpc) is 3.25. The second kappa shape index (κ2) is 9.14. The van der Waals surface area contributed by atoms with Crippen LogP contribution in [-0.4, -0.2) is 64.4 Å². The number of hydrogen-bond acceptors (Lipinski definition) is 6. The van der Waals surface area contributed by atoms with Crippen molar-refractivity contribution in [1.29, 1.82) is 0 Å². The Balaban J connectivity index is 1.34. The number of halogens is 2. The molecule has 0 bridgehead atoms. The Bertz CT molecular complexity index is 1230. The zero-order chi connectivity index (χ0) is 23.6. The minimum absolute atomic E-state index is 0.0995. The van der Waals surface area contributed by atoms with Crippen molar-refractivity contribution in [3.8, 4) is 0 Å². The average molecular weight is 478 g/mol. The van der Waals surface area contributed by atoms with Crippen LogP contribution in [0.25, 0.3) is 5.65 Å². The van der Waals surface area contributed by atoms with Gasteiger partial charge in [0.25, 0.3) is 11.8 Å². The molecule has 0 radical (unpaired) electrons. The van der Waals surface area contributed by atoms with Crippen LogP contribution in [0.2, 0.25) is 0 Å². The van der Waals surface area contributed by atoms with Crippen molar-refractivity contribution in [2.75, 3.05) is 19.6 Å². The highest BCUT2D eigenvalue weighted by molar-refractivity contribution is 7.92. The number of alkyl halides is 2. The molecular weight excluding hydrogens is 452 g/mol. The molecule has 1 N–H and O–H groups in total. The fourth-order valence-electron chi connectivity index (χ4n) is 3.97. The number of carbonyl (C=O) groups excluding carboxylic acids is 1. The van der Waals surface area contributed by atoms with Gasteiger partial charge in [0.1, 0.15) is 5.65 Å². The molecule has 8 nitrogen and oxygen atoms in total. The predicted molar refractivity (Wildman–Crippen MR) is 118 cm³/mol. The highest BCUT2D eigenvalue weighted by Crippen LogP contribution is 2.26. The van der Waals surface area contributed by atoms with Crippen LogP contribution in [0.4, 0.5) is 8.78 Å². The first kappa shape index (κ1) is 23.2. The summed E-state index contributed by atoms with van der Waals surface area (Å²) in [4.78, 5) is 22.4. The van der Waals surface area contributed by atoms with E-state index in [-0.39, 0.29) is 23.9 Å². The molecule has 1 amide bonds. The van der Waals surface area contributed by atoms with E-state index in [1.807, 2.05) is 0 Å². The third-order valence-corrected chi connectivity index (χ3v) is 7.93. The topological polar surface area (TPSA) is 96.7 Å². The molecule has 0 spiro atoms. The van der Waals surface area contributed by atoms with Crippen molar-refractivity contribution in [2.45, 2.75) is 42.4 Å². The third-order valence-electron chi connectivity index (χ3n) is 5.68. The molecule has 176 valence electrons. The molecule has 0 atom stereocenters. The Morgan fingerprint density at radius 1 is 1.18 bits per heavy atom. The second-order valence-corrected chi connectivity index (χ2v) is 10.6. The van der Waals surface area contributed by atoms with Gasteiger partial charge in [-0.1, -0.05) is 0 Å². The van der Waals surface area contributed by atoms with E-state index in [0.717, 1.165) is 12.6 Å². The molecule has 1 fully saturated rings. The summed E-state index contributed by atoms with van der Waals surface area (Å²) in [6.45, 7) is 1.28. The number of piperidine rings is 1. The lowest BCUT2D eigenvalue weighted by atomic mass is 10.1. The van der Waals surface area contributed by atoms with Crippen LogP contribution in [0.15, 0.2) is 53.9 Å². The maximum Gasteiger partial charge on any atom is 0.257 e. The van der Waals surface area contributed by atoms with Gasteiger partial charge in [0, 0.05) is 31.7 Å². The van der Waals surface area contributed by atoms with Crippen LogP contribution >= 0.6 is 0 Å². The number of rotatable bonds is 7. The Kier molecular flexibility index (Phi) is 6.44. The van der Waals surface area contributed by atoms with E-state index < -0.39 is 21.0 Å². The first-order valence-electron chi connectivity index (χ1n) is 10.6. The molecule has 1 aliphatic heterocycles. The molecule has 0 aliphatic carbocycles. The maximum absolute atomic E-state index is 13.2. The summed E-state index contributed by atoms with van der Waals surface area (Å²) in [6, 6.07) is 6.46. The van der Waals surface area contributed by atoms with E-state index in [0.29, 0.717) is 37.2 Å². The van der Waals surface area contributed by atoms with E-state index >= 15 is 0 Å². The van der Waals surface area contributed by atoms with E-state index in [1.165, 1.54) is 12.3 Å². The van der Waals surface area contributed by atoms with Crippen molar-refractivity contribution in [3.05, 3.63) is 60.3 Å². The number of carbonyl (C=O) groups is 1. The smallest absolute Gasteiger partial charge is 0.257 e. The molecule has 11 heteroatoms. The summed E-state index contributed by atoms with van der Waals surface area (Å²) in [6.07, 6.45) is 6.96. The lowest BCUT2D eigenvalue weighted by Crippen LogP contribution is -2.43. The summed E-state index contributed by atoms with van der Waals surface area (Å²) in [7, 11) is -3.61. The first-order valence-corrected chi connectivity index (χ1v) is 12.2. The maximum atomic E-state index is 13.2.